The Balaban J connectivity index is 1.57. The van der Waals surface area contributed by atoms with Crippen molar-refractivity contribution in [2.75, 3.05) is 12.4 Å². The molecule has 1 aromatic carbocycles. The summed E-state index contributed by atoms with van der Waals surface area (Å²) < 4.78 is 12.2. The predicted octanol–water partition coefficient (Wildman–Crippen LogP) is 3.17. The van der Waals surface area contributed by atoms with Gasteiger partial charge in [-0.15, -0.1) is 0 Å². The molecule has 3 rings (SSSR count). The molecule has 0 unspecified atom stereocenters. The second kappa shape index (κ2) is 8.94. The summed E-state index contributed by atoms with van der Waals surface area (Å²) in [6.45, 7) is 7.34. The monoisotopic (exact) mass is 410 g/mol. The van der Waals surface area contributed by atoms with Crippen LogP contribution in [0.1, 0.15) is 36.0 Å². The van der Waals surface area contributed by atoms with E-state index in [4.69, 9.17) is 9.47 Å². The van der Waals surface area contributed by atoms with Gasteiger partial charge >= 0.3 is 5.97 Å². The molecule has 0 aliphatic heterocycles. The molecule has 30 heavy (non-hydrogen) atoms. The molecule has 0 radical (unpaired) electrons. The summed E-state index contributed by atoms with van der Waals surface area (Å²) in [4.78, 5) is 29.1. The van der Waals surface area contributed by atoms with Gasteiger partial charge in [0.1, 0.15) is 5.75 Å². The number of hydrogen-bond acceptors (Lipinski definition) is 6. The van der Waals surface area contributed by atoms with Crippen LogP contribution in [0.3, 0.4) is 0 Å². The summed E-state index contributed by atoms with van der Waals surface area (Å²) in [6.07, 6.45) is -0.295. The van der Waals surface area contributed by atoms with Crippen molar-refractivity contribution in [3.8, 4) is 5.75 Å². The molecule has 0 aliphatic rings. The minimum absolute atomic E-state index is 0.148. The first-order chi connectivity index (χ1) is 14.3. The molecule has 0 saturated carbocycles. The van der Waals surface area contributed by atoms with Crippen molar-refractivity contribution < 1.29 is 19.1 Å². The van der Waals surface area contributed by atoms with Crippen molar-refractivity contribution in [2.45, 2.75) is 46.6 Å². The molecule has 1 N–H and O–H groups in total. The number of benzene rings is 1. The molecule has 0 spiro atoms. The van der Waals surface area contributed by atoms with Gasteiger partial charge in [-0.25, -0.2) is 9.50 Å². The summed E-state index contributed by atoms with van der Waals surface area (Å²) >= 11 is 0. The number of methoxy groups -OCH3 is 1. The van der Waals surface area contributed by atoms with Crippen LogP contribution < -0.4 is 10.1 Å². The van der Waals surface area contributed by atoms with Crippen molar-refractivity contribution in [3.63, 3.8) is 0 Å². The molecule has 0 saturated heterocycles. The van der Waals surface area contributed by atoms with E-state index in [1.54, 1.807) is 42.8 Å². The zero-order valence-electron chi connectivity index (χ0n) is 17.9. The second-order valence-corrected chi connectivity index (χ2v) is 7.17. The molecular weight excluding hydrogens is 384 g/mol. The van der Waals surface area contributed by atoms with E-state index in [1.807, 2.05) is 26.8 Å². The topological polar surface area (TPSA) is 94.8 Å². The number of nitrogens with one attached hydrogen (secondary N) is 1. The Morgan fingerprint density at radius 2 is 1.87 bits per heavy atom. The second-order valence-electron chi connectivity index (χ2n) is 7.17. The van der Waals surface area contributed by atoms with Gasteiger partial charge in [-0.1, -0.05) is 0 Å². The summed E-state index contributed by atoms with van der Waals surface area (Å²) in [5.41, 5.74) is 5.04. The number of amides is 1. The minimum Gasteiger partial charge on any atom is -0.497 e. The Hall–Kier alpha value is -3.42. The van der Waals surface area contributed by atoms with Crippen molar-refractivity contribution in [1.82, 2.24) is 14.6 Å². The summed E-state index contributed by atoms with van der Waals surface area (Å²) in [5.74, 6) is -0.144. The number of rotatable bonds is 7. The molecule has 0 aliphatic carbocycles. The van der Waals surface area contributed by atoms with Gasteiger partial charge in [-0.2, -0.15) is 5.10 Å². The van der Waals surface area contributed by atoms with Crippen LogP contribution in [-0.2, 0) is 20.7 Å². The first-order valence-corrected chi connectivity index (χ1v) is 9.75. The zero-order chi connectivity index (χ0) is 21.8. The fourth-order valence-corrected chi connectivity index (χ4v) is 3.26. The van der Waals surface area contributed by atoms with E-state index in [0.717, 1.165) is 28.3 Å². The fourth-order valence-electron chi connectivity index (χ4n) is 3.26. The predicted molar refractivity (Wildman–Crippen MR) is 113 cm³/mol. The largest absolute Gasteiger partial charge is 0.497 e. The van der Waals surface area contributed by atoms with Gasteiger partial charge in [0.2, 0.25) is 0 Å². The molecule has 0 bridgehead atoms. The normalized spacial score (nSPS) is 11.9. The molecule has 8 heteroatoms. The number of fused-ring (bicyclic) bond motifs is 1. The molecule has 2 heterocycles. The molecule has 2 aromatic heterocycles. The van der Waals surface area contributed by atoms with E-state index >= 15 is 0 Å². The third-order valence-electron chi connectivity index (χ3n) is 4.90. The Kier molecular flexibility index (Phi) is 6.34. The maximum Gasteiger partial charge on any atom is 0.306 e. The van der Waals surface area contributed by atoms with Crippen LogP contribution in [0.5, 0.6) is 5.75 Å². The van der Waals surface area contributed by atoms with E-state index in [2.05, 4.69) is 15.4 Å². The van der Waals surface area contributed by atoms with Gasteiger partial charge in [0.15, 0.2) is 11.8 Å². The van der Waals surface area contributed by atoms with Crippen molar-refractivity contribution in [1.29, 1.82) is 0 Å². The highest BCUT2D eigenvalue weighted by Crippen LogP contribution is 2.18. The third kappa shape index (κ3) is 4.76. The van der Waals surface area contributed by atoms with Crippen LogP contribution in [0, 0.1) is 20.8 Å². The van der Waals surface area contributed by atoms with Crippen LogP contribution in [0.2, 0.25) is 0 Å². The maximum absolute atomic E-state index is 12.3. The van der Waals surface area contributed by atoms with Crippen LogP contribution in [-0.4, -0.2) is 39.7 Å². The van der Waals surface area contributed by atoms with E-state index in [-0.39, 0.29) is 6.42 Å². The standard InChI is InChI=1S/C22H26N4O4/c1-13-12-20-23-14(2)19(15(3)26(20)25-13)10-11-21(27)30-16(4)22(28)24-17-6-8-18(29-5)9-7-17/h6-9,12,16H,10-11H2,1-5H3,(H,24,28)/t16-/m1/s1. The fraction of sp³-hybridized carbons (Fsp3) is 0.364. The number of ether oxygens (including phenoxy) is 2. The number of anilines is 1. The first kappa shape index (κ1) is 21.3. The van der Waals surface area contributed by atoms with Crippen molar-refractivity contribution in [2.24, 2.45) is 0 Å². The van der Waals surface area contributed by atoms with E-state index in [1.165, 1.54) is 0 Å². The van der Waals surface area contributed by atoms with Crippen LogP contribution in [0.25, 0.3) is 5.65 Å². The quantitative estimate of drug-likeness (QED) is 0.601. The number of nitrogens with zero attached hydrogens (tertiary/aromatic N) is 3. The van der Waals surface area contributed by atoms with E-state index in [9.17, 15) is 9.59 Å². The van der Waals surface area contributed by atoms with Gasteiger partial charge in [0.05, 0.1) is 12.8 Å². The average Bonchev–Trinajstić information content (AvgIpc) is 3.08. The molecule has 0 fully saturated rings. The van der Waals surface area contributed by atoms with Crippen LogP contribution >= 0.6 is 0 Å². The van der Waals surface area contributed by atoms with E-state index in [0.29, 0.717) is 17.9 Å². The van der Waals surface area contributed by atoms with Crippen LogP contribution in [0.4, 0.5) is 5.69 Å². The Labute approximate surface area is 175 Å². The average molecular weight is 410 g/mol. The molecular formula is C22H26N4O4. The third-order valence-corrected chi connectivity index (χ3v) is 4.90. The SMILES string of the molecule is COc1ccc(NC(=O)[C@@H](C)OC(=O)CCc2c(C)nc3cc(C)nn3c2C)cc1. The highest BCUT2D eigenvalue weighted by atomic mass is 16.5. The number of hydrogen-bond donors (Lipinski definition) is 1. The molecule has 1 atom stereocenters. The number of esters is 1. The Bertz CT molecular complexity index is 1070. The van der Waals surface area contributed by atoms with Crippen molar-refractivity contribution in [3.05, 3.63) is 53.0 Å². The van der Waals surface area contributed by atoms with Crippen molar-refractivity contribution >= 4 is 23.2 Å². The lowest BCUT2D eigenvalue weighted by Gasteiger charge is -2.15. The smallest absolute Gasteiger partial charge is 0.306 e. The molecule has 1 amide bonds. The molecule has 158 valence electrons. The summed E-state index contributed by atoms with van der Waals surface area (Å²) in [5, 5.41) is 7.16. The van der Waals surface area contributed by atoms with E-state index < -0.39 is 18.0 Å². The van der Waals surface area contributed by atoms with Gasteiger partial charge in [0, 0.05) is 29.6 Å². The van der Waals surface area contributed by atoms with Gasteiger partial charge in [-0.3, -0.25) is 9.59 Å². The molecule has 8 nitrogen and oxygen atoms in total. The lowest BCUT2D eigenvalue weighted by Crippen LogP contribution is -2.30. The number of carbonyl (C=O) groups is 2. The highest BCUT2D eigenvalue weighted by Gasteiger charge is 2.19. The lowest BCUT2D eigenvalue weighted by molar-refractivity contribution is -0.153. The lowest BCUT2D eigenvalue weighted by atomic mass is 10.1. The summed E-state index contributed by atoms with van der Waals surface area (Å²) in [7, 11) is 1.57. The van der Waals surface area contributed by atoms with Gasteiger partial charge in [-0.05, 0) is 63.9 Å². The Morgan fingerprint density at radius 1 is 1.17 bits per heavy atom. The van der Waals surface area contributed by atoms with Gasteiger partial charge < -0.3 is 14.8 Å². The number of aryl methyl sites for hydroxylation is 3. The molecule has 3 aromatic rings. The summed E-state index contributed by atoms with van der Waals surface area (Å²) in [6, 6.07) is 8.83. The maximum atomic E-state index is 12.3. The number of aromatic nitrogens is 3. The zero-order valence-corrected chi connectivity index (χ0v) is 17.9. The Morgan fingerprint density at radius 3 is 2.53 bits per heavy atom. The first-order valence-electron chi connectivity index (χ1n) is 9.75. The van der Waals surface area contributed by atoms with Crippen LogP contribution in [0.15, 0.2) is 30.3 Å². The minimum atomic E-state index is -0.906. The number of carbonyl (C=O) groups excluding carboxylic acids is 2. The highest BCUT2D eigenvalue weighted by molar-refractivity contribution is 5.95. The van der Waals surface area contributed by atoms with Gasteiger partial charge in [0.25, 0.3) is 5.91 Å².